The molecule has 2 rings (SSSR count). The van der Waals surface area contributed by atoms with E-state index in [9.17, 15) is 4.79 Å². The van der Waals surface area contributed by atoms with Crippen molar-refractivity contribution in [1.29, 1.82) is 0 Å². The molecular weight excluding hydrogens is 240 g/mol. The summed E-state index contributed by atoms with van der Waals surface area (Å²) in [6, 6.07) is 7.90. The third-order valence-corrected chi connectivity index (χ3v) is 3.48. The monoisotopic (exact) mass is 262 g/mol. The minimum Gasteiger partial charge on any atom is -0.385 e. The summed E-state index contributed by atoms with van der Waals surface area (Å²) in [6.45, 7) is 4.48. The van der Waals surface area contributed by atoms with E-state index in [1.807, 2.05) is 31.3 Å². The molecule has 0 saturated carbocycles. The van der Waals surface area contributed by atoms with Crippen molar-refractivity contribution in [3.8, 4) is 0 Å². The second-order valence-corrected chi connectivity index (χ2v) is 4.94. The van der Waals surface area contributed by atoms with Crippen LogP contribution in [0.25, 0.3) is 0 Å². The first-order chi connectivity index (χ1) is 9.22. The van der Waals surface area contributed by atoms with Crippen LogP contribution in [0.4, 0.5) is 5.69 Å². The van der Waals surface area contributed by atoms with Crippen molar-refractivity contribution in [3.05, 3.63) is 29.8 Å². The SMILES string of the molecule is CCCNc1ccc(C(=O)N(C)C2CCOC2)cc1. The van der Waals surface area contributed by atoms with Gasteiger partial charge in [-0.25, -0.2) is 0 Å². The number of carbonyl (C=O) groups is 1. The summed E-state index contributed by atoms with van der Waals surface area (Å²) in [4.78, 5) is 14.1. The van der Waals surface area contributed by atoms with Crippen molar-refractivity contribution in [3.63, 3.8) is 0 Å². The molecule has 1 aliphatic rings. The highest BCUT2D eigenvalue weighted by Gasteiger charge is 2.24. The van der Waals surface area contributed by atoms with Crippen molar-refractivity contribution >= 4 is 11.6 Å². The molecule has 0 spiro atoms. The maximum atomic E-state index is 12.3. The Morgan fingerprint density at radius 2 is 2.16 bits per heavy atom. The van der Waals surface area contributed by atoms with E-state index < -0.39 is 0 Å². The Balaban J connectivity index is 1.98. The normalized spacial score (nSPS) is 18.3. The third-order valence-electron chi connectivity index (χ3n) is 3.48. The van der Waals surface area contributed by atoms with Gasteiger partial charge in [0.15, 0.2) is 0 Å². The molecule has 1 atom stereocenters. The number of hydrogen-bond acceptors (Lipinski definition) is 3. The summed E-state index contributed by atoms with van der Waals surface area (Å²) in [5.41, 5.74) is 1.79. The molecule has 104 valence electrons. The Morgan fingerprint density at radius 1 is 1.42 bits per heavy atom. The van der Waals surface area contributed by atoms with E-state index in [2.05, 4.69) is 12.2 Å². The lowest BCUT2D eigenvalue weighted by Crippen LogP contribution is -2.37. The van der Waals surface area contributed by atoms with E-state index in [1.165, 1.54) is 0 Å². The lowest BCUT2D eigenvalue weighted by atomic mass is 10.1. The van der Waals surface area contributed by atoms with Crippen LogP contribution in [0.1, 0.15) is 30.1 Å². The Bertz CT molecular complexity index is 411. The molecule has 1 fully saturated rings. The zero-order chi connectivity index (χ0) is 13.7. The van der Waals surface area contributed by atoms with E-state index in [0.717, 1.165) is 37.2 Å². The molecule has 1 amide bonds. The number of ether oxygens (including phenoxy) is 1. The van der Waals surface area contributed by atoms with Crippen LogP contribution < -0.4 is 5.32 Å². The molecule has 0 aliphatic carbocycles. The summed E-state index contributed by atoms with van der Waals surface area (Å²) >= 11 is 0. The molecule has 1 N–H and O–H groups in total. The topological polar surface area (TPSA) is 41.6 Å². The van der Waals surface area contributed by atoms with Gasteiger partial charge in [-0.2, -0.15) is 0 Å². The number of nitrogens with zero attached hydrogens (tertiary/aromatic N) is 1. The molecule has 4 heteroatoms. The van der Waals surface area contributed by atoms with Crippen molar-refractivity contribution in [1.82, 2.24) is 4.90 Å². The van der Waals surface area contributed by atoms with Crippen LogP contribution in [0, 0.1) is 0 Å². The fourth-order valence-corrected chi connectivity index (χ4v) is 2.20. The van der Waals surface area contributed by atoms with Crippen molar-refractivity contribution < 1.29 is 9.53 Å². The molecule has 1 saturated heterocycles. The minimum atomic E-state index is 0.0672. The highest BCUT2D eigenvalue weighted by atomic mass is 16.5. The summed E-state index contributed by atoms with van der Waals surface area (Å²) in [7, 11) is 1.85. The summed E-state index contributed by atoms with van der Waals surface area (Å²) in [5.74, 6) is 0.0672. The highest BCUT2D eigenvalue weighted by molar-refractivity contribution is 5.94. The van der Waals surface area contributed by atoms with Crippen LogP contribution in [0.2, 0.25) is 0 Å². The molecule has 1 aromatic rings. The van der Waals surface area contributed by atoms with Gasteiger partial charge in [0.1, 0.15) is 0 Å². The van der Waals surface area contributed by atoms with Crippen LogP contribution in [0.15, 0.2) is 24.3 Å². The van der Waals surface area contributed by atoms with Crippen molar-refractivity contribution in [2.45, 2.75) is 25.8 Å². The van der Waals surface area contributed by atoms with Gasteiger partial charge in [-0.1, -0.05) is 6.92 Å². The molecule has 0 aromatic heterocycles. The van der Waals surface area contributed by atoms with E-state index in [0.29, 0.717) is 6.61 Å². The standard InChI is InChI=1S/C15H22N2O2/c1-3-9-16-13-6-4-12(5-7-13)15(18)17(2)14-8-10-19-11-14/h4-7,14,16H,3,8-11H2,1-2H3. The van der Waals surface area contributed by atoms with E-state index in [4.69, 9.17) is 4.74 Å². The molecule has 4 nitrogen and oxygen atoms in total. The second-order valence-electron chi connectivity index (χ2n) is 4.94. The van der Waals surface area contributed by atoms with Gasteiger partial charge in [0.05, 0.1) is 12.6 Å². The van der Waals surface area contributed by atoms with Crippen LogP contribution in [0.3, 0.4) is 0 Å². The maximum absolute atomic E-state index is 12.3. The van der Waals surface area contributed by atoms with Crippen molar-refractivity contribution in [2.24, 2.45) is 0 Å². The third kappa shape index (κ3) is 3.47. The van der Waals surface area contributed by atoms with Gasteiger partial charge in [0, 0.05) is 31.5 Å². The van der Waals surface area contributed by atoms with Gasteiger partial charge in [0.2, 0.25) is 0 Å². The van der Waals surface area contributed by atoms with Gasteiger partial charge in [-0.05, 0) is 37.1 Å². The Morgan fingerprint density at radius 3 is 2.74 bits per heavy atom. The van der Waals surface area contributed by atoms with Gasteiger partial charge in [-0.15, -0.1) is 0 Å². The number of likely N-dealkylation sites (N-methyl/N-ethyl adjacent to an activating group) is 1. The molecular formula is C15H22N2O2. The number of anilines is 1. The van der Waals surface area contributed by atoms with Crippen LogP contribution in [-0.4, -0.2) is 43.7 Å². The minimum absolute atomic E-state index is 0.0672. The smallest absolute Gasteiger partial charge is 0.253 e. The van der Waals surface area contributed by atoms with Crippen LogP contribution in [-0.2, 0) is 4.74 Å². The number of nitrogens with one attached hydrogen (secondary N) is 1. The zero-order valence-electron chi connectivity index (χ0n) is 11.7. The number of benzene rings is 1. The fourth-order valence-electron chi connectivity index (χ4n) is 2.20. The quantitative estimate of drug-likeness (QED) is 0.885. The first-order valence-electron chi connectivity index (χ1n) is 6.91. The van der Waals surface area contributed by atoms with Crippen LogP contribution in [0.5, 0.6) is 0 Å². The van der Waals surface area contributed by atoms with Gasteiger partial charge >= 0.3 is 0 Å². The van der Waals surface area contributed by atoms with Crippen molar-refractivity contribution in [2.75, 3.05) is 32.1 Å². The fraction of sp³-hybridized carbons (Fsp3) is 0.533. The Hall–Kier alpha value is -1.55. The summed E-state index contributed by atoms with van der Waals surface area (Å²) < 4.78 is 5.32. The molecule has 0 bridgehead atoms. The average Bonchev–Trinajstić information content (AvgIpc) is 2.98. The average molecular weight is 262 g/mol. The molecule has 1 heterocycles. The Kier molecular flexibility index (Phi) is 4.80. The predicted molar refractivity (Wildman–Crippen MR) is 76.5 cm³/mol. The van der Waals surface area contributed by atoms with E-state index in [-0.39, 0.29) is 11.9 Å². The Labute approximate surface area is 114 Å². The summed E-state index contributed by atoms with van der Waals surface area (Å²) in [6.07, 6.45) is 2.02. The summed E-state index contributed by atoms with van der Waals surface area (Å²) in [5, 5.41) is 3.30. The highest BCUT2D eigenvalue weighted by Crippen LogP contribution is 2.16. The molecule has 0 radical (unpaired) electrons. The number of amides is 1. The lowest BCUT2D eigenvalue weighted by Gasteiger charge is -2.23. The first kappa shape index (κ1) is 13.9. The van der Waals surface area contributed by atoms with E-state index >= 15 is 0 Å². The second kappa shape index (κ2) is 6.57. The van der Waals surface area contributed by atoms with Gasteiger partial charge < -0.3 is 15.0 Å². The van der Waals surface area contributed by atoms with Gasteiger partial charge in [-0.3, -0.25) is 4.79 Å². The number of hydrogen-bond donors (Lipinski definition) is 1. The molecule has 1 unspecified atom stereocenters. The van der Waals surface area contributed by atoms with E-state index in [1.54, 1.807) is 4.90 Å². The molecule has 1 aliphatic heterocycles. The van der Waals surface area contributed by atoms with Gasteiger partial charge in [0.25, 0.3) is 5.91 Å². The number of rotatable bonds is 5. The number of carbonyl (C=O) groups excluding carboxylic acids is 1. The zero-order valence-corrected chi connectivity index (χ0v) is 11.7. The molecule has 1 aromatic carbocycles. The lowest BCUT2D eigenvalue weighted by molar-refractivity contribution is 0.0711. The maximum Gasteiger partial charge on any atom is 0.253 e. The predicted octanol–water partition coefficient (Wildman–Crippen LogP) is 2.37. The molecule has 19 heavy (non-hydrogen) atoms. The van der Waals surface area contributed by atoms with Crippen LogP contribution >= 0.6 is 0 Å². The largest absolute Gasteiger partial charge is 0.385 e. The first-order valence-corrected chi connectivity index (χ1v) is 6.91.